The fraction of sp³-hybridized carbons (Fsp3) is 0.412. The van der Waals surface area contributed by atoms with Gasteiger partial charge in [0.05, 0.1) is 17.8 Å². The molecule has 0 spiro atoms. The number of rotatable bonds is 2. The summed E-state index contributed by atoms with van der Waals surface area (Å²) >= 11 is 3.31. The van der Waals surface area contributed by atoms with Gasteiger partial charge >= 0.3 is 12.3 Å². The third-order valence-electron chi connectivity index (χ3n) is 4.07. The predicted octanol–water partition coefficient (Wildman–Crippen LogP) is 4.52. The van der Waals surface area contributed by atoms with Gasteiger partial charge in [0.1, 0.15) is 11.2 Å². The van der Waals surface area contributed by atoms with Crippen molar-refractivity contribution in [2.75, 3.05) is 6.54 Å². The van der Waals surface area contributed by atoms with Crippen molar-refractivity contribution in [1.82, 2.24) is 14.7 Å². The molecule has 1 aromatic heterocycles. The van der Waals surface area contributed by atoms with Crippen LogP contribution >= 0.6 is 15.9 Å². The summed E-state index contributed by atoms with van der Waals surface area (Å²) in [5.74, 6) is 0. The van der Waals surface area contributed by atoms with E-state index in [-0.39, 0.29) is 6.61 Å². The molecule has 0 saturated carbocycles. The molecular formula is C17H17BrF3N3O2. The molecule has 140 valence electrons. The molecule has 0 saturated heterocycles. The number of benzene rings is 1. The van der Waals surface area contributed by atoms with E-state index in [9.17, 15) is 18.0 Å². The van der Waals surface area contributed by atoms with Gasteiger partial charge in [0.15, 0.2) is 0 Å². The SMILES string of the molecule is Cc1cc(COC(=O)N2CCCn3nc(Br)cc3C2)cc(C(F)(F)F)c1. The van der Waals surface area contributed by atoms with Gasteiger partial charge in [-0.1, -0.05) is 11.6 Å². The minimum atomic E-state index is -4.43. The zero-order valence-corrected chi connectivity index (χ0v) is 15.6. The lowest BCUT2D eigenvalue weighted by atomic mass is 10.1. The van der Waals surface area contributed by atoms with Crippen LogP contribution in [0.2, 0.25) is 0 Å². The second-order valence-electron chi connectivity index (χ2n) is 6.22. The molecule has 1 aromatic carbocycles. The topological polar surface area (TPSA) is 47.4 Å². The standard InChI is InChI=1S/C17H17BrF3N3O2/c1-11-5-12(7-13(6-11)17(19,20)21)10-26-16(25)23-3-2-4-24-14(9-23)8-15(18)22-24/h5-8H,2-4,9-10H2,1H3. The van der Waals surface area contributed by atoms with E-state index in [1.165, 1.54) is 4.90 Å². The fourth-order valence-corrected chi connectivity index (χ4v) is 3.38. The van der Waals surface area contributed by atoms with E-state index in [1.807, 2.05) is 10.7 Å². The molecule has 3 rings (SSSR count). The maximum Gasteiger partial charge on any atom is 0.416 e. The normalized spacial score (nSPS) is 14.7. The van der Waals surface area contributed by atoms with Crippen LogP contribution in [0.5, 0.6) is 0 Å². The maximum absolute atomic E-state index is 12.9. The number of ether oxygens (including phenoxy) is 1. The molecule has 2 heterocycles. The number of nitrogens with zero attached hydrogens (tertiary/aromatic N) is 3. The van der Waals surface area contributed by atoms with Crippen LogP contribution in [0.3, 0.4) is 0 Å². The molecular weight excluding hydrogens is 415 g/mol. The molecule has 2 aromatic rings. The van der Waals surface area contributed by atoms with E-state index < -0.39 is 17.8 Å². The quantitative estimate of drug-likeness (QED) is 0.702. The highest BCUT2D eigenvalue weighted by atomic mass is 79.9. The average molecular weight is 432 g/mol. The second kappa shape index (κ2) is 7.30. The summed E-state index contributed by atoms with van der Waals surface area (Å²) in [6.45, 7) is 2.91. The van der Waals surface area contributed by atoms with E-state index in [1.54, 1.807) is 13.0 Å². The number of carbonyl (C=O) groups is 1. The monoisotopic (exact) mass is 431 g/mol. The summed E-state index contributed by atoms with van der Waals surface area (Å²) in [5, 5.41) is 4.29. The Morgan fingerprint density at radius 3 is 2.77 bits per heavy atom. The largest absolute Gasteiger partial charge is 0.445 e. The number of amides is 1. The minimum Gasteiger partial charge on any atom is -0.445 e. The summed E-state index contributed by atoms with van der Waals surface area (Å²) in [5.41, 5.74) is 0.913. The highest BCUT2D eigenvalue weighted by Gasteiger charge is 2.31. The molecule has 0 bridgehead atoms. The second-order valence-corrected chi connectivity index (χ2v) is 7.03. The number of carbonyl (C=O) groups excluding carboxylic acids is 1. The summed E-state index contributed by atoms with van der Waals surface area (Å²) in [6.07, 6.45) is -4.26. The molecule has 0 radical (unpaired) electrons. The van der Waals surface area contributed by atoms with Gasteiger partial charge in [-0.3, -0.25) is 4.68 Å². The smallest absolute Gasteiger partial charge is 0.416 e. The predicted molar refractivity (Wildman–Crippen MR) is 91.3 cm³/mol. The van der Waals surface area contributed by atoms with Gasteiger partial charge in [-0.05, 0) is 53.0 Å². The molecule has 1 aliphatic rings. The van der Waals surface area contributed by atoms with Gasteiger partial charge in [0, 0.05) is 13.1 Å². The summed E-state index contributed by atoms with van der Waals surface area (Å²) in [4.78, 5) is 13.9. The van der Waals surface area contributed by atoms with Crippen LogP contribution in [-0.2, 0) is 30.6 Å². The number of hydrogen-bond donors (Lipinski definition) is 0. The Morgan fingerprint density at radius 1 is 1.27 bits per heavy atom. The van der Waals surface area contributed by atoms with E-state index in [0.29, 0.717) is 35.4 Å². The van der Waals surface area contributed by atoms with Crippen LogP contribution in [0.15, 0.2) is 28.9 Å². The Bertz CT molecular complexity index is 820. The number of fused-ring (bicyclic) bond motifs is 1. The molecule has 0 fully saturated rings. The molecule has 5 nitrogen and oxygen atoms in total. The number of aryl methyl sites for hydroxylation is 2. The third-order valence-corrected chi connectivity index (χ3v) is 4.46. The van der Waals surface area contributed by atoms with Crippen molar-refractivity contribution in [3.8, 4) is 0 Å². The van der Waals surface area contributed by atoms with Gasteiger partial charge in [-0.15, -0.1) is 0 Å². The lowest BCUT2D eigenvalue weighted by Crippen LogP contribution is -2.31. The Hall–Kier alpha value is -2.03. The zero-order valence-electron chi connectivity index (χ0n) is 14.0. The van der Waals surface area contributed by atoms with Crippen LogP contribution in [0, 0.1) is 6.92 Å². The molecule has 1 amide bonds. The van der Waals surface area contributed by atoms with Crippen molar-refractivity contribution >= 4 is 22.0 Å². The van der Waals surface area contributed by atoms with Crippen LogP contribution in [0.1, 0.15) is 28.8 Å². The number of hydrogen-bond acceptors (Lipinski definition) is 3. The van der Waals surface area contributed by atoms with Crippen molar-refractivity contribution in [1.29, 1.82) is 0 Å². The Labute approximate surface area is 156 Å². The van der Waals surface area contributed by atoms with Crippen molar-refractivity contribution in [2.45, 2.75) is 39.2 Å². The Morgan fingerprint density at radius 2 is 2.04 bits per heavy atom. The average Bonchev–Trinajstić information content (AvgIpc) is 2.78. The van der Waals surface area contributed by atoms with E-state index in [2.05, 4.69) is 21.0 Å². The van der Waals surface area contributed by atoms with Crippen LogP contribution in [0.25, 0.3) is 0 Å². The number of halogens is 4. The third kappa shape index (κ3) is 4.38. The number of aromatic nitrogens is 2. The highest BCUT2D eigenvalue weighted by Crippen LogP contribution is 2.30. The van der Waals surface area contributed by atoms with Crippen molar-refractivity contribution in [3.05, 3.63) is 51.3 Å². The first-order chi connectivity index (χ1) is 12.2. The zero-order chi connectivity index (χ0) is 18.9. The summed E-state index contributed by atoms with van der Waals surface area (Å²) < 4.78 is 46.5. The van der Waals surface area contributed by atoms with Crippen molar-refractivity contribution < 1.29 is 22.7 Å². The Balaban J connectivity index is 1.66. The summed E-state index contributed by atoms with van der Waals surface area (Å²) in [6, 6.07) is 5.49. The van der Waals surface area contributed by atoms with E-state index >= 15 is 0 Å². The molecule has 26 heavy (non-hydrogen) atoms. The number of alkyl halides is 3. The van der Waals surface area contributed by atoms with Crippen LogP contribution in [0.4, 0.5) is 18.0 Å². The van der Waals surface area contributed by atoms with Gasteiger partial charge in [0.2, 0.25) is 0 Å². The van der Waals surface area contributed by atoms with Crippen molar-refractivity contribution in [3.63, 3.8) is 0 Å². The van der Waals surface area contributed by atoms with E-state index in [0.717, 1.165) is 24.2 Å². The van der Waals surface area contributed by atoms with Crippen LogP contribution in [-0.4, -0.2) is 27.3 Å². The molecule has 1 aliphatic heterocycles. The van der Waals surface area contributed by atoms with Gasteiger partial charge in [-0.2, -0.15) is 18.3 Å². The minimum absolute atomic E-state index is 0.205. The molecule has 0 aliphatic carbocycles. The lowest BCUT2D eigenvalue weighted by molar-refractivity contribution is -0.137. The summed E-state index contributed by atoms with van der Waals surface area (Å²) in [7, 11) is 0. The van der Waals surface area contributed by atoms with Crippen molar-refractivity contribution in [2.24, 2.45) is 0 Å². The molecule has 0 atom stereocenters. The Kier molecular flexibility index (Phi) is 5.27. The van der Waals surface area contributed by atoms with Crippen LogP contribution < -0.4 is 0 Å². The fourth-order valence-electron chi connectivity index (χ4n) is 2.93. The first-order valence-electron chi connectivity index (χ1n) is 8.04. The van der Waals surface area contributed by atoms with Gasteiger partial charge < -0.3 is 9.64 Å². The first kappa shape index (κ1) is 18.8. The molecule has 0 unspecified atom stereocenters. The molecule has 0 N–H and O–H groups in total. The van der Waals surface area contributed by atoms with Gasteiger partial charge in [-0.25, -0.2) is 4.79 Å². The van der Waals surface area contributed by atoms with Gasteiger partial charge in [0.25, 0.3) is 0 Å². The first-order valence-corrected chi connectivity index (χ1v) is 8.83. The maximum atomic E-state index is 12.9. The highest BCUT2D eigenvalue weighted by molar-refractivity contribution is 9.10. The van der Waals surface area contributed by atoms with E-state index in [4.69, 9.17) is 4.74 Å². The molecule has 9 heteroatoms. The lowest BCUT2D eigenvalue weighted by Gasteiger charge is -2.19.